The normalized spacial score (nSPS) is 10.1. The number of nitro benzene ring substituents is 1. The highest BCUT2D eigenvalue weighted by atomic mass is 127. The first-order chi connectivity index (χ1) is 9.49. The maximum Gasteiger partial charge on any atom is 0.270 e. The molecular weight excluding hydrogens is 395 g/mol. The minimum absolute atomic E-state index is 0.0699. The van der Waals surface area contributed by atoms with Gasteiger partial charge in [-0.3, -0.25) is 14.9 Å². The summed E-state index contributed by atoms with van der Waals surface area (Å²) in [7, 11) is 0. The van der Waals surface area contributed by atoms with Crippen LogP contribution in [0.3, 0.4) is 0 Å². The molecule has 0 aliphatic carbocycles. The fraction of sp³-hybridized carbons (Fsp3) is 0. The van der Waals surface area contributed by atoms with Crippen molar-refractivity contribution in [2.75, 3.05) is 5.32 Å². The number of carbonyl (C=O) groups is 1. The van der Waals surface area contributed by atoms with Gasteiger partial charge in [0.2, 0.25) is 0 Å². The number of nitrogens with zero attached hydrogens (tertiary/aromatic N) is 1. The lowest BCUT2D eigenvalue weighted by Gasteiger charge is -2.08. The van der Waals surface area contributed by atoms with Crippen LogP contribution in [0.2, 0.25) is 5.02 Å². The van der Waals surface area contributed by atoms with Crippen LogP contribution in [0, 0.1) is 13.7 Å². The summed E-state index contributed by atoms with van der Waals surface area (Å²) in [4.78, 5) is 22.3. The van der Waals surface area contributed by atoms with E-state index in [0.717, 1.165) is 9.64 Å². The number of rotatable bonds is 3. The first-order valence-electron chi connectivity index (χ1n) is 5.49. The highest BCUT2D eigenvalue weighted by molar-refractivity contribution is 14.1. The highest BCUT2D eigenvalue weighted by Crippen LogP contribution is 2.24. The van der Waals surface area contributed by atoms with Gasteiger partial charge in [0, 0.05) is 15.7 Å². The molecule has 0 aromatic heterocycles. The average Bonchev–Trinajstić information content (AvgIpc) is 2.41. The van der Waals surface area contributed by atoms with E-state index in [1.807, 2.05) is 12.1 Å². The maximum atomic E-state index is 12.1. The molecule has 1 amide bonds. The molecule has 0 aliphatic heterocycles. The molecule has 2 aromatic carbocycles. The Morgan fingerprint density at radius 2 is 1.95 bits per heavy atom. The van der Waals surface area contributed by atoms with Crippen molar-refractivity contribution in [2.45, 2.75) is 0 Å². The zero-order valence-electron chi connectivity index (χ0n) is 9.97. The number of nitro groups is 1. The molecule has 7 heteroatoms. The lowest BCUT2D eigenvalue weighted by atomic mass is 10.2. The van der Waals surface area contributed by atoms with Crippen molar-refractivity contribution in [3.63, 3.8) is 0 Å². The monoisotopic (exact) mass is 402 g/mol. The third-order valence-corrected chi connectivity index (χ3v) is 3.80. The molecule has 0 heterocycles. The quantitative estimate of drug-likeness (QED) is 0.477. The van der Waals surface area contributed by atoms with E-state index in [4.69, 9.17) is 11.6 Å². The smallest absolute Gasteiger partial charge is 0.270 e. The van der Waals surface area contributed by atoms with E-state index in [9.17, 15) is 14.9 Å². The Balaban J connectivity index is 2.32. The molecule has 0 saturated carbocycles. The molecule has 0 atom stereocenters. The van der Waals surface area contributed by atoms with Gasteiger partial charge in [-0.1, -0.05) is 23.7 Å². The van der Waals surface area contributed by atoms with Crippen LogP contribution in [-0.4, -0.2) is 10.8 Å². The fourth-order valence-corrected chi connectivity index (χ4v) is 2.28. The van der Waals surface area contributed by atoms with Crippen molar-refractivity contribution in [3.05, 3.63) is 66.7 Å². The topological polar surface area (TPSA) is 72.2 Å². The second kappa shape index (κ2) is 6.19. The van der Waals surface area contributed by atoms with Gasteiger partial charge in [0.1, 0.15) is 0 Å². The zero-order chi connectivity index (χ0) is 14.7. The van der Waals surface area contributed by atoms with E-state index >= 15 is 0 Å². The van der Waals surface area contributed by atoms with Crippen molar-refractivity contribution in [1.82, 2.24) is 0 Å². The molecule has 0 saturated heterocycles. The summed E-state index contributed by atoms with van der Waals surface area (Å²) in [6, 6.07) is 11.0. The number of hydrogen-bond acceptors (Lipinski definition) is 3. The molecule has 1 N–H and O–H groups in total. The number of para-hydroxylation sites is 1. The largest absolute Gasteiger partial charge is 0.321 e. The Labute approximate surface area is 133 Å². The van der Waals surface area contributed by atoms with E-state index < -0.39 is 10.8 Å². The molecule has 0 radical (unpaired) electrons. The molecular formula is C13H8ClIN2O3. The predicted octanol–water partition coefficient (Wildman–Crippen LogP) is 4.11. The molecule has 2 aromatic rings. The van der Waals surface area contributed by atoms with Crippen LogP contribution in [0.15, 0.2) is 42.5 Å². The second-order valence-corrected chi connectivity index (χ2v) is 5.42. The third kappa shape index (κ3) is 3.26. The van der Waals surface area contributed by atoms with Gasteiger partial charge in [0.15, 0.2) is 0 Å². The summed E-state index contributed by atoms with van der Waals surface area (Å²) in [6.07, 6.45) is 0. The Morgan fingerprint density at radius 1 is 1.25 bits per heavy atom. The number of carbonyl (C=O) groups excluding carboxylic acids is 1. The van der Waals surface area contributed by atoms with Gasteiger partial charge in [-0.2, -0.15) is 0 Å². The van der Waals surface area contributed by atoms with Gasteiger partial charge in [-0.25, -0.2) is 0 Å². The van der Waals surface area contributed by atoms with Crippen LogP contribution in [0.1, 0.15) is 10.4 Å². The Morgan fingerprint density at radius 3 is 2.60 bits per heavy atom. The zero-order valence-corrected chi connectivity index (χ0v) is 12.9. The van der Waals surface area contributed by atoms with Crippen molar-refractivity contribution in [2.24, 2.45) is 0 Å². The van der Waals surface area contributed by atoms with Gasteiger partial charge in [-0.15, -0.1) is 0 Å². The lowest BCUT2D eigenvalue weighted by Crippen LogP contribution is -2.13. The van der Waals surface area contributed by atoms with Crippen LogP contribution in [0.25, 0.3) is 0 Å². The molecule has 0 aliphatic rings. The Hall–Kier alpha value is -1.67. The Bertz CT molecular complexity index is 691. The standard InChI is InChI=1S/C13H8ClIN2O3/c14-10-6-5-8(17(19)20)7-9(10)13(18)16-12-4-2-1-3-11(12)15/h1-7H,(H,16,18). The number of nitrogens with one attached hydrogen (secondary N) is 1. The summed E-state index contributed by atoms with van der Waals surface area (Å²) in [6.45, 7) is 0. The second-order valence-electron chi connectivity index (χ2n) is 3.86. The summed E-state index contributed by atoms with van der Waals surface area (Å²) in [5.74, 6) is -0.484. The molecule has 0 fully saturated rings. The number of amides is 1. The molecule has 0 spiro atoms. The summed E-state index contributed by atoms with van der Waals surface area (Å²) in [5, 5.41) is 13.6. The van der Waals surface area contributed by atoms with Gasteiger partial charge in [0.25, 0.3) is 11.6 Å². The number of non-ortho nitro benzene ring substituents is 1. The summed E-state index contributed by atoms with van der Waals surface area (Å²) >= 11 is 8.00. The van der Waals surface area contributed by atoms with Crippen molar-refractivity contribution < 1.29 is 9.72 Å². The van der Waals surface area contributed by atoms with E-state index in [1.54, 1.807) is 12.1 Å². The van der Waals surface area contributed by atoms with E-state index in [2.05, 4.69) is 27.9 Å². The van der Waals surface area contributed by atoms with Crippen LogP contribution in [-0.2, 0) is 0 Å². The maximum absolute atomic E-state index is 12.1. The number of anilines is 1. The van der Waals surface area contributed by atoms with Crippen LogP contribution >= 0.6 is 34.2 Å². The van der Waals surface area contributed by atoms with Gasteiger partial charge in [0.05, 0.1) is 21.2 Å². The van der Waals surface area contributed by atoms with E-state index in [0.29, 0.717) is 5.69 Å². The van der Waals surface area contributed by atoms with Crippen LogP contribution in [0.4, 0.5) is 11.4 Å². The number of hydrogen-bond donors (Lipinski definition) is 1. The third-order valence-electron chi connectivity index (χ3n) is 2.53. The average molecular weight is 403 g/mol. The number of halogens is 2. The van der Waals surface area contributed by atoms with E-state index in [1.165, 1.54) is 12.1 Å². The van der Waals surface area contributed by atoms with Crippen molar-refractivity contribution >= 4 is 51.5 Å². The summed E-state index contributed by atoms with van der Waals surface area (Å²) in [5.41, 5.74) is 0.517. The molecule has 102 valence electrons. The van der Waals surface area contributed by atoms with Crippen molar-refractivity contribution in [3.8, 4) is 0 Å². The van der Waals surface area contributed by atoms with Crippen molar-refractivity contribution in [1.29, 1.82) is 0 Å². The minimum atomic E-state index is -0.570. The van der Waals surface area contributed by atoms with Crippen LogP contribution < -0.4 is 5.32 Å². The molecule has 0 unspecified atom stereocenters. The molecule has 5 nitrogen and oxygen atoms in total. The predicted molar refractivity (Wildman–Crippen MR) is 85.2 cm³/mol. The van der Waals surface area contributed by atoms with Crippen LogP contribution in [0.5, 0.6) is 0 Å². The van der Waals surface area contributed by atoms with Gasteiger partial charge in [-0.05, 0) is 40.8 Å². The highest BCUT2D eigenvalue weighted by Gasteiger charge is 2.16. The SMILES string of the molecule is O=C(Nc1ccccc1I)c1cc([N+](=O)[O-])ccc1Cl. The molecule has 0 bridgehead atoms. The Kier molecular flexibility index (Phi) is 4.56. The van der Waals surface area contributed by atoms with E-state index in [-0.39, 0.29) is 16.3 Å². The lowest BCUT2D eigenvalue weighted by molar-refractivity contribution is -0.384. The fourth-order valence-electron chi connectivity index (χ4n) is 1.55. The number of benzene rings is 2. The first-order valence-corrected chi connectivity index (χ1v) is 6.94. The minimum Gasteiger partial charge on any atom is -0.321 e. The van der Waals surface area contributed by atoms with Gasteiger partial charge < -0.3 is 5.32 Å². The molecule has 2 rings (SSSR count). The van der Waals surface area contributed by atoms with Gasteiger partial charge >= 0.3 is 0 Å². The molecule has 20 heavy (non-hydrogen) atoms. The first kappa shape index (κ1) is 14.7. The summed E-state index contributed by atoms with van der Waals surface area (Å²) < 4.78 is 0.861.